The van der Waals surface area contributed by atoms with E-state index in [2.05, 4.69) is 5.32 Å². The number of likely N-dealkylation sites (tertiary alicyclic amines) is 1. The minimum Gasteiger partial charge on any atom is -0.444 e. The van der Waals surface area contributed by atoms with Crippen molar-refractivity contribution in [2.24, 2.45) is 0 Å². The second kappa shape index (κ2) is 5.83. The number of rotatable bonds is 2. The molecule has 1 atom stereocenters. The lowest BCUT2D eigenvalue weighted by Crippen LogP contribution is -2.41. The summed E-state index contributed by atoms with van der Waals surface area (Å²) in [6.07, 6.45) is 0.335. The fraction of sp³-hybridized carbons (Fsp3) is 0.571. The number of ether oxygens (including phenoxy) is 1. The molecule has 1 N–H and O–H groups in total. The monoisotopic (exact) mass is 296 g/mol. The van der Waals surface area contributed by atoms with E-state index >= 15 is 0 Å². The van der Waals surface area contributed by atoms with Gasteiger partial charge in [0.05, 0.1) is 11.6 Å². The summed E-state index contributed by atoms with van der Waals surface area (Å²) in [5, 5.41) is 6.55. The predicted molar refractivity (Wildman–Crippen MR) is 78.0 cm³/mol. The van der Waals surface area contributed by atoms with Crippen LogP contribution in [-0.2, 0) is 4.74 Å². The van der Waals surface area contributed by atoms with E-state index in [1.54, 1.807) is 4.90 Å². The van der Waals surface area contributed by atoms with Gasteiger partial charge in [-0.2, -0.15) is 11.3 Å². The molecule has 20 heavy (non-hydrogen) atoms. The fourth-order valence-electron chi connectivity index (χ4n) is 2.11. The van der Waals surface area contributed by atoms with Crippen molar-refractivity contribution in [1.82, 2.24) is 10.2 Å². The molecule has 1 aromatic heterocycles. The van der Waals surface area contributed by atoms with E-state index in [4.69, 9.17) is 4.74 Å². The standard InChI is InChI=1S/C14H20N2O3S/c1-14(2,3)19-13(18)15-11-4-6-16(8-11)12(17)10-5-7-20-9-10/h5,7,9,11H,4,6,8H2,1-3H3,(H,15,18). The Labute approximate surface area is 122 Å². The zero-order chi connectivity index (χ0) is 14.8. The third-order valence-corrected chi connectivity index (χ3v) is 3.65. The quantitative estimate of drug-likeness (QED) is 0.912. The fourth-order valence-corrected chi connectivity index (χ4v) is 2.74. The smallest absolute Gasteiger partial charge is 0.407 e. The van der Waals surface area contributed by atoms with Crippen molar-refractivity contribution in [3.8, 4) is 0 Å². The minimum atomic E-state index is -0.505. The van der Waals surface area contributed by atoms with Crippen molar-refractivity contribution < 1.29 is 14.3 Å². The maximum absolute atomic E-state index is 12.2. The SMILES string of the molecule is CC(C)(C)OC(=O)NC1CCN(C(=O)c2ccsc2)C1. The van der Waals surface area contributed by atoms with Crippen LogP contribution >= 0.6 is 11.3 Å². The van der Waals surface area contributed by atoms with Gasteiger partial charge in [-0.25, -0.2) is 4.79 Å². The van der Waals surface area contributed by atoms with Crippen LogP contribution in [0.3, 0.4) is 0 Å². The molecule has 0 bridgehead atoms. The molecule has 1 aliphatic heterocycles. The van der Waals surface area contributed by atoms with Crippen LogP contribution in [0.15, 0.2) is 16.8 Å². The zero-order valence-electron chi connectivity index (χ0n) is 12.0. The van der Waals surface area contributed by atoms with Gasteiger partial charge >= 0.3 is 6.09 Å². The highest BCUT2D eigenvalue weighted by molar-refractivity contribution is 7.08. The number of thiophene rings is 1. The number of carbonyl (C=O) groups excluding carboxylic acids is 2. The summed E-state index contributed by atoms with van der Waals surface area (Å²) < 4.78 is 5.22. The molecule has 0 aromatic carbocycles. The summed E-state index contributed by atoms with van der Waals surface area (Å²) in [6, 6.07) is 1.79. The molecule has 1 unspecified atom stereocenters. The van der Waals surface area contributed by atoms with E-state index in [1.165, 1.54) is 11.3 Å². The zero-order valence-corrected chi connectivity index (χ0v) is 12.8. The Bertz CT molecular complexity index is 479. The van der Waals surface area contributed by atoms with E-state index in [-0.39, 0.29) is 11.9 Å². The highest BCUT2D eigenvalue weighted by atomic mass is 32.1. The van der Waals surface area contributed by atoms with Crippen LogP contribution in [0.2, 0.25) is 0 Å². The number of hydrogen-bond donors (Lipinski definition) is 1. The normalized spacial score (nSPS) is 18.9. The molecule has 0 spiro atoms. The molecular weight excluding hydrogens is 276 g/mol. The third-order valence-electron chi connectivity index (χ3n) is 2.96. The van der Waals surface area contributed by atoms with Crippen LogP contribution in [0, 0.1) is 0 Å². The van der Waals surface area contributed by atoms with Crippen LogP contribution in [0.1, 0.15) is 37.6 Å². The number of alkyl carbamates (subject to hydrolysis) is 1. The average molecular weight is 296 g/mol. The molecule has 1 saturated heterocycles. The molecule has 110 valence electrons. The van der Waals surface area contributed by atoms with Gasteiger partial charge in [0.1, 0.15) is 5.60 Å². The molecule has 1 aliphatic rings. The van der Waals surface area contributed by atoms with Crippen LogP contribution < -0.4 is 5.32 Å². The number of nitrogens with zero attached hydrogens (tertiary/aromatic N) is 1. The lowest BCUT2D eigenvalue weighted by atomic mass is 10.2. The summed E-state index contributed by atoms with van der Waals surface area (Å²) in [5.74, 6) is 0.0275. The van der Waals surface area contributed by atoms with E-state index in [1.807, 2.05) is 37.6 Å². The third kappa shape index (κ3) is 3.96. The first-order valence-corrected chi connectivity index (χ1v) is 7.60. The van der Waals surface area contributed by atoms with E-state index < -0.39 is 11.7 Å². The first-order valence-electron chi connectivity index (χ1n) is 6.66. The summed E-state index contributed by atoms with van der Waals surface area (Å²) in [4.78, 5) is 25.6. The summed E-state index contributed by atoms with van der Waals surface area (Å²) in [5.41, 5.74) is 0.211. The molecular formula is C14H20N2O3S. The molecule has 0 aliphatic carbocycles. The number of nitrogens with one attached hydrogen (secondary N) is 1. The van der Waals surface area contributed by atoms with Crippen molar-refractivity contribution >= 4 is 23.3 Å². The number of amides is 2. The van der Waals surface area contributed by atoms with Gasteiger partial charge in [-0.1, -0.05) is 0 Å². The molecule has 0 radical (unpaired) electrons. The first kappa shape index (κ1) is 14.8. The van der Waals surface area contributed by atoms with Crippen molar-refractivity contribution in [3.63, 3.8) is 0 Å². The molecule has 5 nitrogen and oxygen atoms in total. The number of carbonyl (C=O) groups is 2. The Morgan fingerprint density at radius 3 is 2.80 bits per heavy atom. The lowest BCUT2D eigenvalue weighted by molar-refractivity contribution is 0.0502. The van der Waals surface area contributed by atoms with Gasteiger partial charge in [0, 0.05) is 18.5 Å². The van der Waals surface area contributed by atoms with Gasteiger partial charge < -0.3 is 15.0 Å². The van der Waals surface area contributed by atoms with Gasteiger partial charge in [0.2, 0.25) is 0 Å². The minimum absolute atomic E-state index is 0.0275. The van der Waals surface area contributed by atoms with Crippen molar-refractivity contribution in [1.29, 1.82) is 0 Å². The average Bonchev–Trinajstić information content (AvgIpc) is 2.95. The lowest BCUT2D eigenvalue weighted by Gasteiger charge is -2.22. The number of hydrogen-bond acceptors (Lipinski definition) is 4. The van der Waals surface area contributed by atoms with E-state index in [0.717, 1.165) is 6.42 Å². The molecule has 6 heteroatoms. The molecule has 1 aromatic rings. The Morgan fingerprint density at radius 2 is 2.20 bits per heavy atom. The molecule has 2 rings (SSSR count). The van der Waals surface area contributed by atoms with Gasteiger partial charge in [-0.05, 0) is 38.6 Å². The van der Waals surface area contributed by atoms with Crippen LogP contribution in [-0.4, -0.2) is 41.6 Å². The predicted octanol–water partition coefficient (Wildman–Crippen LogP) is 2.49. The maximum atomic E-state index is 12.2. The van der Waals surface area contributed by atoms with Crippen molar-refractivity contribution in [2.75, 3.05) is 13.1 Å². The molecule has 2 heterocycles. The van der Waals surface area contributed by atoms with Gasteiger partial charge in [-0.15, -0.1) is 0 Å². The van der Waals surface area contributed by atoms with E-state index in [9.17, 15) is 9.59 Å². The Kier molecular flexibility index (Phi) is 4.32. The topological polar surface area (TPSA) is 58.6 Å². The summed E-state index contributed by atoms with van der Waals surface area (Å²) in [6.45, 7) is 6.68. The van der Waals surface area contributed by atoms with Gasteiger partial charge in [0.15, 0.2) is 0 Å². The second-order valence-electron chi connectivity index (χ2n) is 5.90. The highest BCUT2D eigenvalue weighted by Gasteiger charge is 2.29. The van der Waals surface area contributed by atoms with Gasteiger partial charge in [-0.3, -0.25) is 4.79 Å². The Balaban J connectivity index is 1.84. The maximum Gasteiger partial charge on any atom is 0.407 e. The summed E-state index contributed by atoms with van der Waals surface area (Å²) >= 11 is 1.51. The van der Waals surface area contributed by atoms with Crippen LogP contribution in [0.4, 0.5) is 4.79 Å². The highest BCUT2D eigenvalue weighted by Crippen LogP contribution is 2.16. The molecule has 2 amide bonds. The first-order chi connectivity index (χ1) is 9.35. The Morgan fingerprint density at radius 1 is 1.45 bits per heavy atom. The van der Waals surface area contributed by atoms with Crippen molar-refractivity contribution in [2.45, 2.75) is 38.8 Å². The largest absolute Gasteiger partial charge is 0.444 e. The molecule has 0 saturated carbocycles. The van der Waals surface area contributed by atoms with Gasteiger partial charge in [0.25, 0.3) is 5.91 Å². The van der Waals surface area contributed by atoms with Crippen molar-refractivity contribution in [3.05, 3.63) is 22.4 Å². The second-order valence-corrected chi connectivity index (χ2v) is 6.68. The van der Waals surface area contributed by atoms with E-state index in [0.29, 0.717) is 18.7 Å². The van der Waals surface area contributed by atoms with Crippen LogP contribution in [0.5, 0.6) is 0 Å². The summed E-state index contributed by atoms with van der Waals surface area (Å²) in [7, 11) is 0. The molecule has 1 fully saturated rings. The van der Waals surface area contributed by atoms with Crippen LogP contribution in [0.25, 0.3) is 0 Å². The Hall–Kier alpha value is -1.56.